The number of likely N-dealkylation sites (tertiary alicyclic amines) is 1. The van der Waals surface area contributed by atoms with Crippen molar-refractivity contribution in [3.8, 4) is 0 Å². The highest BCUT2D eigenvalue weighted by molar-refractivity contribution is 6.01. The number of piperidine rings is 1. The molecule has 0 aromatic carbocycles. The second kappa shape index (κ2) is 7.12. The summed E-state index contributed by atoms with van der Waals surface area (Å²) in [4.78, 5) is 25.1. The van der Waals surface area contributed by atoms with Crippen molar-refractivity contribution in [3.63, 3.8) is 0 Å². The number of ether oxygens (including phenoxy) is 2. The van der Waals surface area contributed by atoms with E-state index < -0.39 is 0 Å². The van der Waals surface area contributed by atoms with Gasteiger partial charge in [0.1, 0.15) is 0 Å². The fourth-order valence-electron chi connectivity index (χ4n) is 2.68. The molecule has 0 unspecified atom stereocenters. The van der Waals surface area contributed by atoms with Crippen molar-refractivity contribution in [2.24, 2.45) is 5.41 Å². The minimum Gasteiger partial charge on any atom is -0.378 e. The lowest BCUT2D eigenvalue weighted by Gasteiger charge is -2.50. The first-order valence-corrected chi connectivity index (χ1v) is 7.18. The molecule has 0 aromatic heterocycles. The zero-order valence-electron chi connectivity index (χ0n) is 11.9. The summed E-state index contributed by atoms with van der Waals surface area (Å²) in [5.41, 5.74) is 3.36. The van der Waals surface area contributed by atoms with E-state index in [1.807, 2.05) is 0 Å². The van der Waals surface area contributed by atoms with Gasteiger partial charge < -0.3 is 15.2 Å². The van der Waals surface area contributed by atoms with Gasteiger partial charge in [0.15, 0.2) is 0 Å². The molecule has 114 valence electrons. The first-order chi connectivity index (χ1) is 9.66. The van der Waals surface area contributed by atoms with Crippen molar-refractivity contribution in [2.45, 2.75) is 12.8 Å². The van der Waals surface area contributed by atoms with Crippen molar-refractivity contribution in [3.05, 3.63) is 0 Å². The van der Waals surface area contributed by atoms with Crippen LogP contribution in [0.5, 0.6) is 0 Å². The van der Waals surface area contributed by atoms with E-state index in [0.29, 0.717) is 39.3 Å². The van der Waals surface area contributed by atoms with E-state index in [1.165, 1.54) is 0 Å². The van der Waals surface area contributed by atoms with Crippen molar-refractivity contribution in [2.75, 3.05) is 52.6 Å². The maximum atomic E-state index is 11.8. The molecule has 2 saturated heterocycles. The predicted molar refractivity (Wildman–Crippen MR) is 70.6 cm³/mol. The average molecular weight is 286 g/mol. The molecule has 0 aliphatic carbocycles. The molecule has 4 N–H and O–H groups in total. The van der Waals surface area contributed by atoms with Gasteiger partial charge in [-0.25, -0.2) is 0 Å². The average Bonchev–Trinajstić information content (AvgIpc) is 2.38. The maximum absolute atomic E-state index is 11.8. The summed E-state index contributed by atoms with van der Waals surface area (Å²) in [6.07, 6.45) is 1.13. The van der Waals surface area contributed by atoms with Gasteiger partial charge in [-0.3, -0.25) is 19.8 Å². The molecule has 1 spiro atoms. The summed E-state index contributed by atoms with van der Waals surface area (Å²) in [7, 11) is 0. The maximum Gasteiger partial charge on any atom is 0.235 e. The fraction of sp³-hybridized carbons (Fsp3) is 0.846. The first kappa shape index (κ1) is 15.4. The molecule has 0 aromatic rings. The van der Waals surface area contributed by atoms with Crippen LogP contribution in [0.15, 0.2) is 0 Å². The van der Waals surface area contributed by atoms with Gasteiger partial charge in [0.2, 0.25) is 11.8 Å². The van der Waals surface area contributed by atoms with Gasteiger partial charge in [0.05, 0.1) is 38.4 Å². The number of carbonyl (C=O) groups excluding carboxylic acids is 2. The van der Waals surface area contributed by atoms with E-state index in [2.05, 4.69) is 16.0 Å². The van der Waals surface area contributed by atoms with Crippen molar-refractivity contribution in [1.29, 1.82) is 0 Å². The number of quaternary nitrogens is 1. The Morgan fingerprint density at radius 2 is 1.85 bits per heavy atom. The summed E-state index contributed by atoms with van der Waals surface area (Å²) >= 11 is 0. The minimum atomic E-state index is -0.328. The van der Waals surface area contributed by atoms with E-state index in [4.69, 9.17) is 9.47 Å². The van der Waals surface area contributed by atoms with Gasteiger partial charge in [-0.1, -0.05) is 0 Å². The normalized spacial score (nSPS) is 21.9. The number of amides is 2. The largest absolute Gasteiger partial charge is 0.378 e. The van der Waals surface area contributed by atoms with Crippen LogP contribution < -0.4 is 11.1 Å². The number of carbonyl (C=O) groups is 2. The van der Waals surface area contributed by atoms with Crippen LogP contribution in [0, 0.1) is 5.41 Å². The Kier molecular flexibility index (Phi) is 5.47. The Labute approximate surface area is 118 Å². The number of imide groups is 1. The van der Waals surface area contributed by atoms with E-state index >= 15 is 0 Å². The molecule has 2 amide bonds. The lowest BCUT2D eigenvalue weighted by Crippen LogP contribution is -2.66. The monoisotopic (exact) mass is 286 g/mol. The van der Waals surface area contributed by atoms with Gasteiger partial charge in [-0.2, -0.15) is 0 Å². The molecular formula is C13H24N3O4+. The van der Waals surface area contributed by atoms with Crippen LogP contribution in [-0.4, -0.2) is 69.3 Å². The van der Waals surface area contributed by atoms with Crippen molar-refractivity contribution in [1.82, 2.24) is 10.2 Å². The zero-order valence-corrected chi connectivity index (χ0v) is 11.9. The number of nitrogens with zero attached hydrogens (tertiary/aromatic N) is 1. The Balaban J connectivity index is 1.53. The SMILES string of the molecule is [NH3+]CCOCCOCCN1CC2(CCC(=O)NC2=O)C1. The van der Waals surface area contributed by atoms with E-state index in [0.717, 1.165) is 26.2 Å². The van der Waals surface area contributed by atoms with Crippen LogP contribution in [0.3, 0.4) is 0 Å². The summed E-state index contributed by atoms with van der Waals surface area (Å²) < 4.78 is 10.7. The fourth-order valence-corrected chi connectivity index (χ4v) is 2.68. The van der Waals surface area contributed by atoms with Crippen molar-refractivity contribution < 1.29 is 24.8 Å². The number of rotatable bonds is 8. The van der Waals surface area contributed by atoms with Crippen LogP contribution >= 0.6 is 0 Å². The van der Waals surface area contributed by atoms with Crippen LogP contribution in [0.1, 0.15) is 12.8 Å². The van der Waals surface area contributed by atoms with Crippen LogP contribution in [0.4, 0.5) is 0 Å². The second-order valence-corrected chi connectivity index (χ2v) is 5.45. The Hall–Kier alpha value is -1.02. The highest BCUT2D eigenvalue weighted by atomic mass is 16.5. The van der Waals surface area contributed by atoms with Gasteiger partial charge in [0.25, 0.3) is 0 Å². The summed E-state index contributed by atoms with van der Waals surface area (Å²) in [6.45, 7) is 5.56. The number of nitrogens with one attached hydrogen (secondary N) is 1. The summed E-state index contributed by atoms with van der Waals surface area (Å²) in [5.74, 6) is -0.253. The van der Waals surface area contributed by atoms with Gasteiger partial charge in [-0.15, -0.1) is 0 Å². The Bertz CT molecular complexity index is 356. The molecule has 7 nitrogen and oxygen atoms in total. The zero-order chi connectivity index (χ0) is 14.4. The van der Waals surface area contributed by atoms with Gasteiger partial charge in [0, 0.05) is 26.1 Å². The molecule has 7 heteroatoms. The smallest absolute Gasteiger partial charge is 0.235 e. The molecular weight excluding hydrogens is 262 g/mol. The van der Waals surface area contributed by atoms with E-state index in [-0.39, 0.29) is 17.2 Å². The predicted octanol–water partition coefficient (Wildman–Crippen LogP) is -2.00. The van der Waals surface area contributed by atoms with Gasteiger partial charge >= 0.3 is 0 Å². The standard InChI is InChI=1S/C13H23N3O4/c14-3-5-19-7-8-20-6-4-16-9-13(10-16)2-1-11(17)15-12(13)18/h1-10,14H2,(H,15,17,18)/p+1. The quantitative estimate of drug-likeness (QED) is 0.397. The van der Waals surface area contributed by atoms with Crippen molar-refractivity contribution >= 4 is 11.8 Å². The van der Waals surface area contributed by atoms with Gasteiger partial charge in [-0.05, 0) is 6.42 Å². The van der Waals surface area contributed by atoms with E-state index in [1.54, 1.807) is 0 Å². The van der Waals surface area contributed by atoms with Crippen LogP contribution in [-0.2, 0) is 19.1 Å². The molecule has 2 fully saturated rings. The molecule has 2 aliphatic rings. The first-order valence-electron chi connectivity index (χ1n) is 7.18. The molecule has 2 heterocycles. The molecule has 2 aliphatic heterocycles. The minimum absolute atomic E-state index is 0.104. The highest BCUT2D eigenvalue weighted by Crippen LogP contribution is 2.37. The number of hydrogen-bond acceptors (Lipinski definition) is 5. The topological polar surface area (TPSA) is 95.5 Å². The molecule has 20 heavy (non-hydrogen) atoms. The molecule has 2 rings (SSSR count). The molecule has 0 radical (unpaired) electrons. The van der Waals surface area contributed by atoms with E-state index in [9.17, 15) is 9.59 Å². The summed E-state index contributed by atoms with van der Waals surface area (Å²) in [6, 6.07) is 0. The third-order valence-corrected chi connectivity index (χ3v) is 3.83. The Morgan fingerprint density at radius 3 is 2.50 bits per heavy atom. The third kappa shape index (κ3) is 3.76. The lowest BCUT2D eigenvalue weighted by molar-refractivity contribution is -0.374. The molecule has 0 atom stereocenters. The number of hydrogen-bond donors (Lipinski definition) is 2. The third-order valence-electron chi connectivity index (χ3n) is 3.83. The second-order valence-electron chi connectivity index (χ2n) is 5.45. The van der Waals surface area contributed by atoms with Crippen LogP contribution in [0.2, 0.25) is 0 Å². The lowest BCUT2D eigenvalue weighted by atomic mass is 9.73. The molecule has 0 saturated carbocycles. The molecule has 0 bridgehead atoms. The summed E-state index contributed by atoms with van der Waals surface area (Å²) in [5, 5.41) is 2.43. The highest BCUT2D eigenvalue weighted by Gasteiger charge is 2.51. The van der Waals surface area contributed by atoms with Crippen LogP contribution in [0.25, 0.3) is 0 Å². The Morgan fingerprint density at radius 1 is 1.15 bits per heavy atom.